The van der Waals surface area contributed by atoms with Crippen molar-refractivity contribution in [2.75, 3.05) is 12.3 Å². The largest absolute Gasteiger partial charge is 0.293 e. The Kier molecular flexibility index (Phi) is 10.7. The predicted molar refractivity (Wildman–Crippen MR) is 168 cm³/mol. The number of amides is 1. The lowest BCUT2D eigenvalue weighted by Gasteiger charge is -2.21. The van der Waals surface area contributed by atoms with E-state index in [-0.39, 0.29) is 5.91 Å². The lowest BCUT2D eigenvalue weighted by atomic mass is 9.99. The Hall–Kier alpha value is -2.35. The standard InChI is InChI=1S/C31H37N3OS3/c1-4-7-12-23(6-3)21-33-30(35)28(38-31(33)36)20-25-22-34(26-13-10-9-11-14-26)32-29(25)24-15-17-27(18-16-24)37-19-8-5-2/h9-11,13-18,20,22-23H,4-8,12,19,21H2,1-3H3. The summed E-state index contributed by atoms with van der Waals surface area (Å²) < 4.78 is 2.55. The average molecular weight is 564 g/mol. The van der Waals surface area contributed by atoms with Crippen LogP contribution in [0, 0.1) is 5.92 Å². The van der Waals surface area contributed by atoms with Gasteiger partial charge in [0.05, 0.1) is 16.3 Å². The maximum atomic E-state index is 13.5. The number of aromatic nitrogens is 2. The molecular formula is C31H37N3OS3. The molecule has 4 rings (SSSR count). The highest BCUT2D eigenvalue weighted by Crippen LogP contribution is 2.36. The van der Waals surface area contributed by atoms with Crippen LogP contribution in [-0.4, -0.2) is 37.2 Å². The summed E-state index contributed by atoms with van der Waals surface area (Å²) in [6, 6.07) is 18.7. The number of thioether (sulfide) groups is 2. The number of para-hydroxylation sites is 1. The first-order valence-electron chi connectivity index (χ1n) is 13.7. The first kappa shape index (κ1) is 28.7. The molecule has 38 heavy (non-hydrogen) atoms. The smallest absolute Gasteiger partial charge is 0.266 e. The van der Waals surface area contributed by atoms with Crippen molar-refractivity contribution in [3.8, 4) is 16.9 Å². The Labute approximate surface area is 241 Å². The van der Waals surface area contributed by atoms with Crippen molar-refractivity contribution in [2.45, 2.75) is 64.2 Å². The van der Waals surface area contributed by atoms with E-state index in [0.717, 1.165) is 41.1 Å². The fraction of sp³-hybridized carbons (Fsp3) is 0.387. The van der Waals surface area contributed by atoms with E-state index in [0.29, 0.717) is 21.7 Å². The Morgan fingerprint density at radius 3 is 2.45 bits per heavy atom. The molecule has 1 unspecified atom stereocenters. The molecule has 1 amide bonds. The van der Waals surface area contributed by atoms with Crippen LogP contribution < -0.4 is 0 Å². The molecule has 0 saturated carbocycles. The Morgan fingerprint density at radius 2 is 1.76 bits per heavy atom. The molecule has 1 atom stereocenters. The predicted octanol–water partition coefficient (Wildman–Crippen LogP) is 8.85. The van der Waals surface area contributed by atoms with Crippen LogP contribution in [0.4, 0.5) is 0 Å². The summed E-state index contributed by atoms with van der Waals surface area (Å²) >= 11 is 8.95. The molecule has 0 bridgehead atoms. The van der Waals surface area contributed by atoms with Gasteiger partial charge in [-0.25, -0.2) is 4.68 Å². The van der Waals surface area contributed by atoms with Gasteiger partial charge in [0.1, 0.15) is 4.32 Å². The van der Waals surface area contributed by atoms with Gasteiger partial charge in [-0.3, -0.25) is 9.69 Å². The average Bonchev–Trinajstić information content (AvgIpc) is 3.48. The molecular weight excluding hydrogens is 527 g/mol. The maximum Gasteiger partial charge on any atom is 0.266 e. The van der Waals surface area contributed by atoms with Crippen LogP contribution in [-0.2, 0) is 4.79 Å². The van der Waals surface area contributed by atoms with Gasteiger partial charge in [-0.15, -0.1) is 11.8 Å². The van der Waals surface area contributed by atoms with Crippen LogP contribution in [0.3, 0.4) is 0 Å². The third-order valence-electron chi connectivity index (χ3n) is 6.80. The zero-order valence-electron chi connectivity index (χ0n) is 22.6. The van der Waals surface area contributed by atoms with Gasteiger partial charge in [0.2, 0.25) is 0 Å². The minimum Gasteiger partial charge on any atom is -0.293 e. The fourth-order valence-corrected chi connectivity index (χ4v) is 6.71. The molecule has 7 heteroatoms. The van der Waals surface area contributed by atoms with Crippen LogP contribution in [0.1, 0.15) is 64.9 Å². The molecule has 1 saturated heterocycles. The van der Waals surface area contributed by atoms with E-state index in [1.807, 2.05) is 59.0 Å². The van der Waals surface area contributed by atoms with E-state index in [1.165, 1.54) is 42.3 Å². The number of carbonyl (C=O) groups is 1. The number of benzene rings is 2. The minimum atomic E-state index is 0.0102. The van der Waals surface area contributed by atoms with Crippen LogP contribution >= 0.6 is 35.7 Å². The molecule has 2 aromatic carbocycles. The van der Waals surface area contributed by atoms with Gasteiger partial charge < -0.3 is 0 Å². The molecule has 200 valence electrons. The van der Waals surface area contributed by atoms with Crippen molar-refractivity contribution < 1.29 is 4.79 Å². The van der Waals surface area contributed by atoms with E-state index in [2.05, 4.69) is 45.0 Å². The van der Waals surface area contributed by atoms with Crippen LogP contribution in [0.5, 0.6) is 0 Å². The number of carbonyl (C=O) groups excluding carboxylic acids is 1. The van der Waals surface area contributed by atoms with Crippen molar-refractivity contribution in [2.24, 2.45) is 5.92 Å². The third-order valence-corrected chi connectivity index (χ3v) is 9.28. The maximum absolute atomic E-state index is 13.5. The lowest BCUT2D eigenvalue weighted by Crippen LogP contribution is -2.33. The van der Waals surface area contributed by atoms with Gasteiger partial charge >= 0.3 is 0 Å². The van der Waals surface area contributed by atoms with Crippen molar-refractivity contribution in [3.63, 3.8) is 0 Å². The molecule has 1 aliphatic heterocycles. The van der Waals surface area contributed by atoms with Crippen molar-refractivity contribution >= 4 is 52.0 Å². The van der Waals surface area contributed by atoms with Gasteiger partial charge in [0.15, 0.2) is 0 Å². The summed E-state index contributed by atoms with van der Waals surface area (Å²) in [5, 5.41) is 4.95. The fourth-order valence-electron chi connectivity index (χ4n) is 4.45. The highest BCUT2D eigenvalue weighted by molar-refractivity contribution is 8.26. The van der Waals surface area contributed by atoms with E-state index in [1.54, 1.807) is 4.90 Å². The Balaban J connectivity index is 1.63. The van der Waals surface area contributed by atoms with E-state index >= 15 is 0 Å². The number of thiocarbonyl (C=S) groups is 1. The van der Waals surface area contributed by atoms with Crippen molar-refractivity contribution in [1.29, 1.82) is 0 Å². The molecule has 1 aromatic heterocycles. The van der Waals surface area contributed by atoms with Crippen LogP contribution in [0.25, 0.3) is 23.0 Å². The second-order valence-corrected chi connectivity index (χ2v) is 12.5. The van der Waals surface area contributed by atoms with E-state index in [9.17, 15) is 4.79 Å². The van der Waals surface area contributed by atoms with Gasteiger partial charge in [-0.1, -0.05) is 101 Å². The zero-order chi connectivity index (χ0) is 26.9. The van der Waals surface area contributed by atoms with Crippen LogP contribution in [0.2, 0.25) is 0 Å². The second kappa shape index (κ2) is 14.2. The topological polar surface area (TPSA) is 38.1 Å². The molecule has 0 N–H and O–H groups in total. The van der Waals surface area contributed by atoms with Crippen molar-refractivity contribution in [1.82, 2.24) is 14.7 Å². The van der Waals surface area contributed by atoms with Gasteiger partial charge in [-0.05, 0) is 54.9 Å². The normalized spacial score (nSPS) is 15.6. The first-order valence-corrected chi connectivity index (χ1v) is 15.9. The number of nitrogens with zero attached hydrogens (tertiary/aromatic N) is 3. The third kappa shape index (κ3) is 7.19. The molecule has 0 radical (unpaired) electrons. The monoisotopic (exact) mass is 563 g/mol. The number of rotatable bonds is 13. The van der Waals surface area contributed by atoms with Gasteiger partial charge in [0.25, 0.3) is 5.91 Å². The van der Waals surface area contributed by atoms with Crippen molar-refractivity contribution in [3.05, 3.63) is 71.3 Å². The zero-order valence-corrected chi connectivity index (χ0v) is 25.0. The quantitative estimate of drug-likeness (QED) is 0.0899. The second-order valence-electron chi connectivity index (χ2n) is 9.65. The highest BCUT2D eigenvalue weighted by atomic mass is 32.2. The molecule has 2 heterocycles. The summed E-state index contributed by atoms with van der Waals surface area (Å²) in [6.07, 6.45) is 10.9. The SMILES string of the molecule is CCCCSc1ccc(-c2nn(-c3ccccc3)cc2C=C2SC(=S)N(CC(CC)CCCC)C2=O)cc1. The summed E-state index contributed by atoms with van der Waals surface area (Å²) in [4.78, 5) is 17.2. The molecule has 1 aliphatic rings. The number of unbranched alkanes of at least 4 members (excludes halogenated alkanes) is 2. The minimum absolute atomic E-state index is 0.0102. The Morgan fingerprint density at radius 1 is 1.03 bits per heavy atom. The molecule has 0 spiro atoms. The Bertz CT molecular complexity index is 1250. The molecule has 1 fully saturated rings. The number of hydrogen-bond donors (Lipinski definition) is 0. The summed E-state index contributed by atoms with van der Waals surface area (Å²) in [5.74, 6) is 1.61. The molecule has 4 nitrogen and oxygen atoms in total. The van der Waals surface area contributed by atoms with Gasteiger partial charge in [0, 0.05) is 28.8 Å². The van der Waals surface area contributed by atoms with Crippen LogP contribution in [0.15, 0.2) is 70.6 Å². The summed E-state index contributed by atoms with van der Waals surface area (Å²) in [7, 11) is 0. The highest BCUT2D eigenvalue weighted by Gasteiger charge is 2.33. The van der Waals surface area contributed by atoms with Gasteiger partial charge in [-0.2, -0.15) is 5.10 Å². The van der Waals surface area contributed by atoms with E-state index < -0.39 is 0 Å². The number of hydrogen-bond acceptors (Lipinski definition) is 5. The summed E-state index contributed by atoms with van der Waals surface area (Å²) in [6.45, 7) is 7.33. The van der Waals surface area contributed by atoms with E-state index in [4.69, 9.17) is 17.3 Å². The first-order chi connectivity index (χ1) is 18.5. The summed E-state index contributed by atoms with van der Waals surface area (Å²) in [5.41, 5.74) is 3.79. The molecule has 0 aliphatic carbocycles. The lowest BCUT2D eigenvalue weighted by molar-refractivity contribution is -0.122. The molecule has 3 aromatic rings.